The van der Waals surface area contributed by atoms with E-state index in [4.69, 9.17) is 5.11 Å². The molecule has 0 aromatic rings. The van der Waals surface area contributed by atoms with Gasteiger partial charge in [-0.3, -0.25) is 9.59 Å². The SMILES string of the molecule is CC(C)CN1CCN(C(=O)C(=O)O)CC1=O. The Balaban J connectivity index is 2.55. The van der Waals surface area contributed by atoms with E-state index in [9.17, 15) is 14.4 Å². The predicted octanol–water partition coefficient (Wildman–Crippen LogP) is -0.602. The van der Waals surface area contributed by atoms with Gasteiger partial charge in [0.25, 0.3) is 0 Å². The number of carboxylic acids is 1. The highest BCUT2D eigenvalue weighted by molar-refractivity contribution is 6.31. The van der Waals surface area contributed by atoms with Crippen LogP contribution in [0.1, 0.15) is 13.8 Å². The van der Waals surface area contributed by atoms with Crippen molar-refractivity contribution in [1.29, 1.82) is 0 Å². The third-order valence-corrected chi connectivity index (χ3v) is 2.37. The van der Waals surface area contributed by atoms with Crippen molar-refractivity contribution in [3.8, 4) is 0 Å². The van der Waals surface area contributed by atoms with Gasteiger partial charge in [0.2, 0.25) is 5.91 Å². The van der Waals surface area contributed by atoms with Gasteiger partial charge in [0.15, 0.2) is 0 Å². The van der Waals surface area contributed by atoms with Gasteiger partial charge < -0.3 is 14.9 Å². The fourth-order valence-corrected chi connectivity index (χ4v) is 1.65. The Morgan fingerprint density at radius 2 is 2.00 bits per heavy atom. The maximum atomic E-state index is 11.6. The summed E-state index contributed by atoms with van der Waals surface area (Å²) in [4.78, 5) is 35.9. The highest BCUT2D eigenvalue weighted by atomic mass is 16.4. The van der Waals surface area contributed by atoms with Crippen LogP contribution >= 0.6 is 0 Å². The topological polar surface area (TPSA) is 77.9 Å². The second-order valence-electron chi connectivity index (χ2n) is 4.27. The molecule has 1 N–H and O–H groups in total. The largest absolute Gasteiger partial charge is 0.474 e. The van der Waals surface area contributed by atoms with Gasteiger partial charge in [-0.25, -0.2) is 4.79 Å². The van der Waals surface area contributed by atoms with Crippen LogP contribution in [-0.4, -0.2) is 58.9 Å². The maximum absolute atomic E-state index is 11.6. The number of hydrogen-bond acceptors (Lipinski definition) is 3. The van der Waals surface area contributed by atoms with Gasteiger partial charge in [-0.15, -0.1) is 0 Å². The first kappa shape index (κ1) is 12.5. The molecule has 1 aliphatic heterocycles. The van der Waals surface area contributed by atoms with Crippen LogP contribution in [0.15, 0.2) is 0 Å². The lowest BCUT2D eigenvalue weighted by atomic mass is 10.2. The molecule has 0 unspecified atom stereocenters. The predicted molar refractivity (Wildman–Crippen MR) is 55.6 cm³/mol. The standard InChI is InChI=1S/C10H16N2O4/c1-7(2)5-11-3-4-12(6-8(11)13)9(14)10(15)16/h7H,3-6H2,1-2H3,(H,15,16). The lowest BCUT2D eigenvalue weighted by molar-refractivity contribution is -0.159. The van der Waals surface area contributed by atoms with Gasteiger partial charge in [-0.2, -0.15) is 0 Å². The molecule has 2 amide bonds. The molecular weight excluding hydrogens is 212 g/mol. The smallest absolute Gasteiger partial charge is 0.394 e. The first-order valence-electron chi connectivity index (χ1n) is 5.21. The molecule has 0 aromatic heterocycles. The minimum atomic E-state index is -1.51. The zero-order valence-electron chi connectivity index (χ0n) is 9.47. The zero-order chi connectivity index (χ0) is 12.3. The number of hydrogen-bond donors (Lipinski definition) is 1. The minimum absolute atomic E-state index is 0.127. The van der Waals surface area contributed by atoms with Crippen molar-refractivity contribution < 1.29 is 19.5 Å². The molecule has 0 atom stereocenters. The molecule has 1 aliphatic rings. The summed E-state index contributed by atoms with van der Waals surface area (Å²) in [5.41, 5.74) is 0. The van der Waals surface area contributed by atoms with E-state index in [-0.39, 0.29) is 12.5 Å². The summed E-state index contributed by atoms with van der Waals surface area (Å²) in [5, 5.41) is 8.52. The van der Waals surface area contributed by atoms with Crippen molar-refractivity contribution in [2.75, 3.05) is 26.2 Å². The first-order chi connectivity index (χ1) is 7.41. The van der Waals surface area contributed by atoms with Crippen LogP contribution in [0.2, 0.25) is 0 Å². The fraction of sp³-hybridized carbons (Fsp3) is 0.700. The average Bonchev–Trinajstić information content (AvgIpc) is 2.19. The van der Waals surface area contributed by atoms with Crippen molar-refractivity contribution in [3.63, 3.8) is 0 Å². The van der Waals surface area contributed by atoms with Crippen LogP contribution in [0.5, 0.6) is 0 Å². The monoisotopic (exact) mass is 228 g/mol. The molecule has 6 heteroatoms. The molecule has 0 bridgehead atoms. The Morgan fingerprint density at radius 3 is 2.44 bits per heavy atom. The normalized spacial score (nSPS) is 16.8. The van der Waals surface area contributed by atoms with Crippen LogP contribution < -0.4 is 0 Å². The molecule has 6 nitrogen and oxygen atoms in total. The van der Waals surface area contributed by atoms with Crippen LogP contribution in [0.4, 0.5) is 0 Å². The van der Waals surface area contributed by atoms with Gasteiger partial charge in [-0.1, -0.05) is 13.8 Å². The molecule has 1 rings (SSSR count). The third kappa shape index (κ3) is 2.95. The van der Waals surface area contributed by atoms with Gasteiger partial charge in [0.05, 0.1) is 0 Å². The summed E-state index contributed by atoms with van der Waals surface area (Å²) in [6, 6.07) is 0. The van der Waals surface area contributed by atoms with E-state index in [1.807, 2.05) is 13.8 Å². The Labute approximate surface area is 93.8 Å². The van der Waals surface area contributed by atoms with Crippen LogP contribution in [0, 0.1) is 5.92 Å². The van der Waals surface area contributed by atoms with Crippen molar-refractivity contribution >= 4 is 17.8 Å². The molecule has 0 aliphatic carbocycles. The molecule has 90 valence electrons. The Kier molecular flexibility index (Phi) is 3.87. The minimum Gasteiger partial charge on any atom is -0.474 e. The van der Waals surface area contributed by atoms with Gasteiger partial charge in [0, 0.05) is 19.6 Å². The zero-order valence-corrected chi connectivity index (χ0v) is 9.47. The number of carbonyl (C=O) groups excluding carboxylic acids is 2. The van der Waals surface area contributed by atoms with E-state index in [1.54, 1.807) is 4.90 Å². The second kappa shape index (κ2) is 4.96. The highest BCUT2D eigenvalue weighted by Gasteiger charge is 2.30. The molecular formula is C10H16N2O4. The molecule has 16 heavy (non-hydrogen) atoms. The number of rotatable bonds is 2. The van der Waals surface area contributed by atoms with Crippen molar-refractivity contribution in [2.24, 2.45) is 5.92 Å². The lowest BCUT2D eigenvalue weighted by Gasteiger charge is -2.34. The quantitative estimate of drug-likeness (QED) is 0.640. The molecule has 0 radical (unpaired) electrons. The number of aliphatic carboxylic acids is 1. The molecule has 0 aromatic carbocycles. The summed E-state index contributed by atoms with van der Waals surface area (Å²) in [6.07, 6.45) is 0. The van der Waals surface area contributed by atoms with E-state index in [0.717, 1.165) is 4.90 Å². The lowest BCUT2D eigenvalue weighted by Crippen LogP contribution is -2.54. The van der Waals surface area contributed by atoms with Crippen molar-refractivity contribution in [3.05, 3.63) is 0 Å². The van der Waals surface area contributed by atoms with E-state index in [2.05, 4.69) is 0 Å². The summed E-state index contributed by atoms with van der Waals surface area (Å²) >= 11 is 0. The van der Waals surface area contributed by atoms with Crippen LogP contribution in [-0.2, 0) is 14.4 Å². The van der Waals surface area contributed by atoms with Gasteiger partial charge in [-0.05, 0) is 5.92 Å². The van der Waals surface area contributed by atoms with Crippen LogP contribution in [0.3, 0.4) is 0 Å². The Hall–Kier alpha value is -1.59. The van der Waals surface area contributed by atoms with Gasteiger partial charge >= 0.3 is 11.9 Å². The summed E-state index contributed by atoms with van der Waals surface area (Å²) < 4.78 is 0. The molecule has 0 saturated carbocycles. The molecule has 1 fully saturated rings. The second-order valence-corrected chi connectivity index (χ2v) is 4.27. The number of carbonyl (C=O) groups is 3. The maximum Gasteiger partial charge on any atom is 0.394 e. The summed E-state index contributed by atoms with van der Waals surface area (Å²) in [7, 11) is 0. The van der Waals surface area contributed by atoms with E-state index >= 15 is 0 Å². The summed E-state index contributed by atoms with van der Waals surface area (Å²) in [5.74, 6) is -2.33. The van der Waals surface area contributed by atoms with Gasteiger partial charge in [0.1, 0.15) is 6.54 Å². The van der Waals surface area contributed by atoms with Crippen molar-refractivity contribution in [2.45, 2.75) is 13.8 Å². The number of amides is 2. The number of nitrogens with zero attached hydrogens (tertiary/aromatic N) is 2. The van der Waals surface area contributed by atoms with E-state index in [0.29, 0.717) is 25.6 Å². The third-order valence-electron chi connectivity index (χ3n) is 2.37. The molecule has 0 spiro atoms. The Morgan fingerprint density at radius 1 is 1.38 bits per heavy atom. The van der Waals surface area contributed by atoms with Crippen molar-refractivity contribution in [1.82, 2.24) is 9.80 Å². The van der Waals surface area contributed by atoms with E-state index < -0.39 is 11.9 Å². The Bertz CT molecular complexity index is 314. The fourth-order valence-electron chi connectivity index (χ4n) is 1.65. The summed E-state index contributed by atoms with van der Waals surface area (Å²) in [6.45, 7) is 5.23. The highest BCUT2D eigenvalue weighted by Crippen LogP contribution is 2.06. The number of carboxylic acid groups (broad SMARTS) is 1. The number of piperazine rings is 1. The molecule has 1 saturated heterocycles. The van der Waals surface area contributed by atoms with E-state index in [1.165, 1.54) is 0 Å². The molecule has 1 heterocycles. The van der Waals surface area contributed by atoms with Crippen LogP contribution in [0.25, 0.3) is 0 Å². The first-order valence-corrected chi connectivity index (χ1v) is 5.21. The average molecular weight is 228 g/mol.